The van der Waals surface area contributed by atoms with Crippen LogP contribution < -0.4 is 10.6 Å². The van der Waals surface area contributed by atoms with Crippen LogP contribution in [0.5, 0.6) is 0 Å². The predicted molar refractivity (Wildman–Crippen MR) is 154 cm³/mol. The first-order valence-electron chi connectivity index (χ1n) is 13.9. The molecule has 3 heterocycles. The quantitative estimate of drug-likeness (QED) is 0.413. The third kappa shape index (κ3) is 7.16. The van der Waals surface area contributed by atoms with E-state index in [1.807, 2.05) is 65.0 Å². The van der Waals surface area contributed by atoms with E-state index in [-0.39, 0.29) is 11.9 Å². The van der Waals surface area contributed by atoms with Gasteiger partial charge in [-0.15, -0.1) is 0 Å². The topological polar surface area (TPSA) is 116 Å². The third-order valence-electron chi connectivity index (χ3n) is 7.18. The Labute approximate surface area is 236 Å². The van der Waals surface area contributed by atoms with Crippen molar-refractivity contribution in [1.82, 2.24) is 20.2 Å². The summed E-state index contributed by atoms with van der Waals surface area (Å²) in [4.78, 5) is 43.9. The molecule has 0 saturated carbocycles. The molecule has 2 N–H and O–H groups in total. The predicted octanol–water partition coefficient (Wildman–Crippen LogP) is 5.29. The average Bonchev–Trinajstić information content (AvgIpc) is 3.33. The molecule has 10 heteroatoms. The largest absolute Gasteiger partial charge is 0.444 e. The van der Waals surface area contributed by atoms with E-state index in [0.717, 1.165) is 35.2 Å². The molecule has 4 amide bonds. The molecule has 0 aliphatic carbocycles. The third-order valence-corrected chi connectivity index (χ3v) is 7.18. The van der Waals surface area contributed by atoms with Crippen molar-refractivity contribution in [2.45, 2.75) is 79.0 Å². The Morgan fingerprint density at radius 2 is 1.82 bits per heavy atom. The van der Waals surface area contributed by atoms with Crippen molar-refractivity contribution in [3.8, 4) is 0 Å². The number of ether oxygens (including phenoxy) is 1. The molecule has 10 nitrogen and oxygen atoms in total. The van der Waals surface area contributed by atoms with Crippen molar-refractivity contribution in [3.05, 3.63) is 59.4 Å². The van der Waals surface area contributed by atoms with Crippen molar-refractivity contribution >= 4 is 29.4 Å². The summed E-state index contributed by atoms with van der Waals surface area (Å²) in [6.45, 7) is 11.5. The number of fused-ring (bicyclic) bond motifs is 1. The molecule has 2 aromatic rings. The second kappa shape index (κ2) is 12.1. The highest BCUT2D eigenvalue weighted by Gasteiger charge is 2.38. The van der Waals surface area contributed by atoms with E-state index in [2.05, 4.69) is 20.7 Å². The molecule has 0 fully saturated rings. The number of hydrogen-bond donors (Lipinski definition) is 2. The summed E-state index contributed by atoms with van der Waals surface area (Å²) in [6, 6.07) is 9.31. The fraction of sp³-hybridized carbons (Fsp3) is 0.500. The Morgan fingerprint density at radius 1 is 1.10 bits per heavy atom. The van der Waals surface area contributed by atoms with Gasteiger partial charge in [0.2, 0.25) is 5.91 Å². The van der Waals surface area contributed by atoms with Gasteiger partial charge < -0.3 is 20.3 Å². The van der Waals surface area contributed by atoms with Crippen LogP contribution in [0.4, 0.5) is 15.3 Å². The van der Waals surface area contributed by atoms with E-state index in [4.69, 9.17) is 4.74 Å². The number of carbonyl (C=O) groups excluding carboxylic acids is 3. The number of amides is 4. The zero-order valence-electron chi connectivity index (χ0n) is 24.1. The number of urea groups is 1. The Hall–Kier alpha value is -3.95. The van der Waals surface area contributed by atoms with Gasteiger partial charge in [0.25, 0.3) is 0 Å². The van der Waals surface area contributed by atoms with Crippen LogP contribution in [0.25, 0.3) is 0 Å². The lowest BCUT2D eigenvalue weighted by Gasteiger charge is -2.34. The number of benzene rings is 1. The van der Waals surface area contributed by atoms with Gasteiger partial charge in [0, 0.05) is 50.7 Å². The van der Waals surface area contributed by atoms with Crippen molar-refractivity contribution in [3.63, 3.8) is 0 Å². The second-order valence-electron chi connectivity index (χ2n) is 11.7. The SMILES string of the molecule is CCCC(C)(C)OC(=O)NCCCN1N=C(c2ccc(NC(=O)N3Cc4ccncc4C3)cc2)CC(C)(C)C1=O. The molecular formula is C30H40N6O4. The van der Waals surface area contributed by atoms with Crippen molar-refractivity contribution < 1.29 is 19.1 Å². The van der Waals surface area contributed by atoms with Gasteiger partial charge in [0.15, 0.2) is 0 Å². The summed E-state index contributed by atoms with van der Waals surface area (Å²) in [6.07, 6.45) is 5.86. The van der Waals surface area contributed by atoms with Gasteiger partial charge in [-0.2, -0.15) is 5.10 Å². The molecule has 0 spiro atoms. The Kier molecular flexibility index (Phi) is 8.76. The van der Waals surface area contributed by atoms with E-state index in [0.29, 0.717) is 44.7 Å². The molecule has 214 valence electrons. The molecular weight excluding hydrogens is 508 g/mol. The molecule has 4 rings (SSSR count). The fourth-order valence-electron chi connectivity index (χ4n) is 5.05. The molecule has 0 radical (unpaired) electrons. The van der Waals surface area contributed by atoms with Gasteiger partial charge in [-0.3, -0.25) is 9.78 Å². The summed E-state index contributed by atoms with van der Waals surface area (Å²) in [5.74, 6) is -0.0476. The van der Waals surface area contributed by atoms with Crippen molar-refractivity contribution in [1.29, 1.82) is 0 Å². The number of hydrazone groups is 1. The van der Waals surface area contributed by atoms with Crippen LogP contribution in [0.1, 0.15) is 77.0 Å². The molecule has 2 aliphatic heterocycles. The van der Waals surface area contributed by atoms with E-state index >= 15 is 0 Å². The van der Waals surface area contributed by atoms with Gasteiger partial charge >= 0.3 is 12.1 Å². The number of rotatable bonds is 9. The van der Waals surface area contributed by atoms with Gasteiger partial charge in [0.1, 0.15) is 5.60 Å². The summed E-state index contributed by atoms with van der Waals surface area (Å²) in [7, 11) is 0. The van der Waals surface area contributed by atoms with Crippen LogP contribution in [-0.2, 0) is 22.6 Å². The number of nitrogens with one attached hydrogen (secondary N) is 2. The second-order valence-corrected chi connectivity index (χ2v) is 11.7. The highest BCUT2D eigenvalue weighted by Crippen LogP contribution is 2.31. The number of alkyl carbamates (subject to hydrolysis) is 1. The van der Waals surface area contributed by atoms with Gasteiger partial charge in [-0.25, -0.2) is 14.6 Å². The fourth-order valence-corrected chi connectivity index (χ4v) is 5.05. The van der Waals surface area contributed by atoms with Crippen LogP contribution in [0.15, 0.2) is 47.8 Å². The minimum atomic E-state index is -0.611. The number of pyridine rings is 1. The van der Waals surface area contributed by atoms with Crippen LogP contribution in [-0.4, -0.2) is 57.3 Å². The Bertz CT molecular complexity index is 1250. The van der Waals surface area contributed by atoms with Crippen molar-refractivity contribution in [2.24, 2.45) is 10.5 Å². The number of anilines is 1. The lowest BCUT2D eigenvalue weighted by Crippen LogP contribution is -2.45. The molecule has 0 unspecified atom stereocenters. The normalized spacial score (nSPS) is 16.3. The number of aromatic nitrogens is 1. The molecule has 0 atom stereocenters. The summed E-state index contributed by atoms with van der Waals surface area (Å²) in [5.41, 5.74) is 3.44. The lowest BCUT2D eigenvalue weighted by atomic mass is 9.82. The Balaban J connectivity index is 1.33. The molecule has 2 aliphatic rings. The highest BCUT2D eigenvalue weighted by molar-refractivity contribution is 6.06. The maximum absolute atomic E-state index is 13.0. The minimum Gasteiger partial charge on any atom is -0.444 e. The summed E-state index contributed by atoms with van der Waals surface area (Å²) in [5, 5.41) is 11.9. The maximum Gasteiger partial charge on any atom is 0.407 e. The maximum atomic E-state index is 13.0. The van der Waals surface area contributed by atoms with Crippen molar-refractivity contribution in [2.75, 3.05) is 18.4 Å². The smallest absolute Gasteiger partial charge is 0.407 e. The van der Waals surface area contributed by atoms with Crippen LogP contribution in [0, 0.1) is 5.41 Å². The molecule has 0 bridgehead atoms. The Morgan fingerprint density at radius 3 is 2.52 bits per heavy atom. The van der Waals surface area contributed by atoms with Crippen LogP contribution in [0.3, 0.4) is 0 Å². The zero-order valence-corrected chi connectivity index (χ0v) is 24.1. The minimum absolute atomic E-state index is 0.0476. The van der Waals surface area contributed by atoms with E-state index in [9.17, 15) is 14.4 Å². The summed E-state index contributed by atoms with van der Waals surface area (Å²) >= 11 is 0. The first kappa shape index (κ1) is 29.0. The van der Waals surface area contributed by atoms with Crippen LogP contribution >= 0.6 is 0 Å². The molecule has 1 aromatic carbocycles. The van der Waals surface area contributed by atoms with E-state index < -0.39 is 17.1 Å². The summed E-state index contributed by atoms with van der Waals surface area (Å²) < 4.78 is 5.49. The van der Waals surface area contributed by atoms with E-state index in [1.165, 1.54) is 5.01 Å². The van der Waals surface area contributed by atoms with Gasteiger partial charge in [-0.1, -0.05) is 39.3 Å². The van der Waals surface area contributed by atoms with E-state index in [1.54, 1.807) is 17.3 Å². The molecule has 40 heavy (non-hydrogen) atoms. The zero-order chi connectivity index (χ0) is 28.9. The lowest BCUT2D eigenvalue weighted by molar-refractivity contribution is -0.141. The highest BCUT2D eigenvalue weighted by atomic mass is 16.6. The van der Waals surface area contributed by atoms with Gasteiger partial charge in [-0.05, 0) is 61.6 Å². The first-order chi connectivity index (χ1) is 19.0. The number of hydrogen-bond acceptors (Lipinski definition) is 6. The first-order valence-corrected chi connectivity index (χ1v) is 13.9. The molecule has 0 saturated heterocycles. The number of carbonyl (C=O) groups is 3. The van der Waals surface area contributed by atoms with Crippen LogP contribution in [0.2, 0.25) is 0 Å². The monoisotopic (exact) mass is 548 g/mol. The standard InChI is InChI=1S/C30H40N6O4/c1-6-13-30(4,5)40-28(39)32-14-7-16-36-26(37)29(2,3)17-25(34-36)21-8-10-24(11-9-21)33-27(38)35-19-22-12-15-31-18-23(22)20-35/h8-12,15,18H,6-7,13-14,16-17,19-20H2,1-5H3,(H,32,39)(H,33,38). The molecule has 1 aromatic heterocycles. The van der Waals surface area contributed by atoms with Gasteiger partial charge in [0.05, 0.1) is 11.1 Å². The number of nitrogens with zero attached hydrogens (tertiary/aromatic N) is 4. The average molecular weight is 549 g/mol.